The molecule has 0 aromatic heterocycles. The molecule has 2 aliphatic rings. The Kier molecular flexibility index (Phi) is 6.14. The second-order valence-corrected chi connectivity index (χ2v) is 7.12. The van der Waals surface area contributed by atoms with Crippen molar-refractivity contribution in [1.29, 1.82) is 0 Å². The van der Waals surface area contributed by atoms with Gasteiger partial charge in [0.25, 0.3) is 5.91 Å². The summed E-state index contributed by atoms with van der Waals surface area (Å²) in [6, 6.07) is 4.02. The first-order chi connectivity index (χ1) is 12.5. The maximum atomic E-state index is 13.3. The van der Waals surface area contributed by atoms with Gasteiger partial charge in [-0.3, -0.25) is 4.79 Å². The van der Waals surface area contributed by atoms with Gasteiger partial charge >= 0.3 is 0 Å². The quantitative estimate of drug-likeness (QED) is 0.734. The van der Waals surface area contributed by atoms with E-state index in [9.17, 15) is 9.18 Å². The van der Waals surface area contributed by atoms with E-state index in [1.165, 1.54) is 31.4 Å². The molecule has 1 aliphatic carbocycles. The SMILES string of the molecule is C=C(CCC1=NO[C@H](C2CCC2)C1)NC(=O)COc1ccc(Cl)c(F)c1. The molecular formula is C19H22ClFN2O3. The molecule has 1 aromatic carbocycles. The third-order valence-corrected chi connectivity index (χ3v) is 5.03. The first-order valence-corrected chi connectivity index (χ1v) is 9.16. The number of ether oxygens (including phenoxy) is 1. The minimum absolute atomic E-state index is 0.00790. The van der Waals surface area contributed by atoms with Crippen molar-refractivity contribution in [1.82, 2.24) is 5.32 Å². The fourth-order valence-electron chi connectivity index (χ4n) is 2.97. The van der Waals surface area contributed by atoms with Crippen molar-refractivity contribution in [3.63, 3.8) is 0 Å². The van der Waals surface area contributed by atoms with E-state index >= 15 is 0 Å². The predicted molar refractivity (Wildman–Crippen MR) is 97.7 cm³/mol. The molecule has 0 radical (unpaired) electrons. The number of benzene rings is 1. The molecule has 3 rings (SSSR count). The molecule has 0 unspecified atom stereocenters. The first-order valence-electron chi connectivity index (χ1n) is 8.78. The Bertz CT molecular complexity index is 719. The van der Waals surface area contributed by atoms with Crippen LogP contribution in [0.3, 0.4) is 0 Å². The first kappa shape index (κ1) is 18.7. The lowest BCUT2D eigenvalue weighted by atomic mass is 9.79. The monoisotopic (exact) mass is 380 g/mol. The summed E-state index contributed by atoms with van der Waals surface area (Å²) in [6.07, 6.45) is 6.16. The van der Waals surface area contributed by atoms with E-state index in [2.05, 4.69) is 17.1 Å². The van der Waals surface area contributed by atoms with E-state index in [0.29, 0.717) is 24.5 Å². The van der Waals surface area contributed by atoms with Crippen LogP contribution in [0.25, 0.3) is 0 Å². The number of nitrogens with one attached hydrogen (secondary N) is 1. The largest absolute Gasteiger partial charge is 0.484 e. The molecule has 0 spiro atoms. The summed E-state index contributed by atoms with van der Waals surface area (Å²) in [7, 11) is 0. The molecule has 7 heteroatoms. The normalized spacial score (nSPS) is 19.3. The molecule has 1 aliphatic heterocycles. The number of hydrogen-bond donors (Lipinski definition) is 1. The van der Waals surface area contributed by atoms with Crippen LogP contribution in [0.4, 0.5) is 4.39 Å². The Morgan fingerprint density at radius 2 is 2.27 bits per heavy atom. The van der Waals surface area contributed by atoms with Crippen LogP contribution in [-0.2, 0) is 9.63 Å². The van der Waals surface area contributed by atoms with Gasteiger partial charge in [-0.1, -0.05) is 29.8 Å². The number of carbonyl (C=O) groups is 1. The fourth-order valence-corrected chi connectivity index (χ4v) is 3.09. The van der Waals surface area contributed by atoms with Crippen molar-refractivity contribution in [2.24, 2.45) is 11.1 Å². The maximum Gasteiger partial charge on any atom is 0.262 e. The van der Waals surface area contributed by atoms with Crippen molar-refractivity contribution in [3.05, 3.63) is 41.3 Å². The van der Waals surface area contributed by atoms with Gasteiger partial charge in [0, 0.05) is 18.2 Å². The average molecular weight is 381 g/mol. The second-order valence-electron chi connectivity index (χ2n) is 6.71. The zero-order valence-corrected chi connectivity index (χ0v) is 15.2. The highest BCUT2D eigenvalue weighted by Gasteiger charge is 2.33. The summed E-state index contributed by atoms with van der Waals surface area (Å²) in [5.74, 6) is -0.0442. The Morgan fingerprint density at radius 1 is 1.46 bits per heavy atom. The van der Waals surface area contributed by atoms with Crippen LogP contribution in [0.1, 0.15) is 38.5 Å². The Balaban J connectivity index is 1.34. The van der Waals surface area contributed by atoms with E-state index < -0.39 is 5.82 Å². The number of carbonyl (C=O) groups excluding carboxylic acids is 1. The van der Waals surface area contributed by atoms with Crippen molar-refractivity contribution in [2.45, 2.75) is 44.6 Å². The highest BCUT2D eigenvalue weighted by Crippen LogP contribution is 2.35. The van der Waals surface area contributed by atoms with Crippen LogP contribution in [0.15, 0.2) is 35.6 Å². The van der Waals surface area contributed by atoms with Gasteiger partial charge in [0.2, 0.25) is 0 Å². The van der Waals surface area contributed by atoms with Crippen LogP contribution in [-0.4, -0.2) is 24.3 Å². The van der Waals surface area contributed by atoms with E-state index in [1.54, 1.807) is 0 Å². The zero-order chi connectivity index (χ0) is 18.5. The third kappa shape index (κ3) is 4.97. The predicted octanol–water partition coefficient (Wildman–Crippen LogP) is 4.21. The third-order valence-electron chi connectivity index (χ3n) is 4.72. The molecule has 1 atom stereocenters. The Morgan fingerprint density at radius 3 is 2.96 bits per heavy atom. The number of hydrogen-bond acceptors (Lipinski definition) is 4. The lowest BCUT2D eigenvalue weighted by molar-refractivity contribution is -0.122. The molecule has 1 amide bonds. The van der Waals surface area contributed by atoms with Gasteiger partial charge in [0.15, 0.2) is 6.61 Å². The van der Waals surface area contributed by atoms with Crippen LogP contribution in [0.2, 0.25) is 5.02 Å². The van der Waals surface area contributed by atoms with Crippen molar-refractivity contribution in [2.75, 3.05) is 6.61 Å². The van der Waals surface area contributed by atoms with Crippen molar-refractivity contribution < 1.29 is 18.8 Å². The molecule has 1 N–H and O–H groups in total. The van der Waals surface area contributed by atoms with E-state index in [1.807, 2.05) is 0 Å². The standard InChI is InChI=1S/C19H22ClFN2O3/c1-12(5-6-14-9-18(26-23-14)13-3-2-4-13)22-19(24)11-25-15-7-8-16(20)17(21)10-15/h7-8,10,13,18H,1-6,9,11H2,(H,22,24)/t18-/m0/s1. The van der Waals surface area contributed by atoms with Gasteiger partial charge in [0.05, 0.1) is 10.7 Å². The number of nitrogens with zero attached hydrogens (tertiary/aromatic N) is 1. The molecule has 1 heterocycles. The average Bonchev–Trinajstić information content (AvgIpc) is 3.01. The van der Waals surface area contributed by atoms with E-state index in [4.69, 9.17) is 21.2 Å². The molecule has 1 aromatic rings. The summed E-state index contributed by atoms with van der Waals surface area (Å²) >= 11 is 5.60. The highest BCUT2D eigenvalue weighted by atomic mass is 35.5. The zero-order valence-electron chi connectivity index (χ0n) is 14.5. The van der Waals surface area contributed by atoms with Gasteiger partial charge in [-0.05, 0) is 43.7 Å². The molecule has 26 heavy (non-hydrogen) atoms. The molecule has 1 fully saturated rings. The highest BCUT2D eigenvalue weighted by molar-refractivity contribution is 6.30. The summed E-state index contributed by atoms with van der Waals surface area (Å²) in [5.41, 5.74) is 1.61. The number of amides is 1. The maximum absolute atomic E-state index is 13.3. The summed E-state index contributed by atoms with van der Waals surface area (Å²) in [4.78, 5) is 17.4. The summed E-state index contributed by atoms with van der Waals surface area (Å²) in [6.45, 7) is 3.63. The Hall–Kier alpha value is -2.08. The summed E-state index contributed by atoms with van der Waals surface area (Å²) in [5, 5.41) is 6.84. The van der Waals surface area contributed by atoms with Crippen LogP contribution < -0.4 is 10.1 Å². The van der Waals surface area contributed by atoms with Gasteiger partial charge in [-0.25, -0.2) is 4.39 Å². The minimum atomic E-state index is -0.589. The van der Waals surface area contributed by atoms with E-state index in [0.717, 1.165) is 18.2 Å². The molecule has 0 saturated heterocycles. The summed E-state index contributed by atoms with van der Waals surface area (Å²) < 4.78 is 18.6. The molecular weight excluding hydrogens is 359 g/mol. The lowest BCUT2D eigenvalue weighted by Crippen LogP contribution is -2.28. The number of rotatable bonds is 8. The fraction of sp³-hybridized carbons (Fsp3) is 0.474. The lowest BCUT2D eigenvalue weighted by Gasteiger charge is -2.29. The number of halogens is 2. The van der Waals surface area contributed by atoms with Gasteiger partial charge in [0.1, 0.15) is 17.7 Å². The number of oxime groups is 1. The van der Waals surface area contributed by atoms with Gasteiger partial charge in [-0.15, -0.1) is 0 Å². The molecule has 1 saturated carbocycles. The van der Waals surface area contributed by atoms with Crippen LogP contribution in [0, 0.1) is 11.7 Å². The van der Waals surface area contributed by atoms with Gasteiger partial charge in [-0.2, -0.15) is 0 Å². The van der Waals surface area contributed by atoms with Gasteiger partial charge < -0.3 is 14.9 Å². The minimum Gasteiger partial charge on any atom is -0.484 e. The smallest absolute Gasteiger partial charge is 0.262 e. The topological polar surface area (TPSA) is 59.9 Å². The molecule has 0 bridgehead atoms. The van der Waals surface area contributed by atoms with Crippen molar-refractivity contribution in [3.8, 4) is 5.75 Å². The van der Waals surface area contributed by atoms with Crippen molar-refractivity contribution >= 4 is 23.2 Å². The molecule has 5 nitrogen and oxygen atoms in total. The van der Waals surface area contributed by atoms with Crippen LogP contribution in [0.5, 0.6) is 5.75 Å². The van der Waals surface area contributed by atoms with Crippen LogP contribution >= 0.6 is 11.6 Å². The number of allylic oxidation sites excluding steroid dienone is 1. The Labute approximate surface area is 157 Å². The molecule has 140 valence electrons. The van der Waals surface area contributed by atoms with E-state index in [-0.39, 0.29) is 29.4 Å². The second kappa shape index (κ2) is 8.54.